The Hall–Kier alpha value is -3.07. The van der Waals surface area contributed by atoms with Crippen LogP contribution in [0.15, 0.2) is 42.5 Å². The van der Waals surface area contributed by atoms with Gasteiger partial charge in [-0.25, -0.2) is 4.79 Å². The maximum absolute atomic E-state index is 13.0. The molecular weight excluding hydrogens is 350 g/mol. The number of urea groups is 1. The van der Waals surface area contributed by atoms with Crippen LogP contribution in [0, 0.1) is 0 Å². The van der Waals surface area contributed by atoms with E-state index >= 15 is 0 Å². The van der Waals surface area contributed by atoms with Crippen LogP contribution < -0.4 is 24.8 Å². The van der Waals surface area contributed by atoms with Gasteiger partial charge in [-0.05, 0) is 29.8 Å². The number of ether oxygens (including phenoxy) is 3. The first-order valence-electron chi connectivity index (χ1n) is 7.63. The van der Waals surface area contributed by atoms with Gasteiger partial charge in [-0.2, -0.15) is 0 Å². The van der Waals surface area contributed by atoms with Crippen LogP contribution in [0.5, 0.6) is 17.2 Å². The van der Waals surface area contributed by atoms with Gasteiger partial charge in [0, 0.05) is 18.3 Å². The van der Waals surface area contributed by atoms with Gasteiger partial charge in [0.05, 0.1) is 13.2 Å². The van der Waals surface area contributed by atoms with Gasteiger partial charge in [0.15, 0.2) is 11.5 Å². The largest absolute Gasteiger partial charge is 0.586 e. The Morgan fingerprint density at radius 2 is 1.88 bits per heavy atom. The molecule has 3 rings (SSSR count). The zero-order valence-corrected chi connectivity index (χ0v) is 13.7. The van der Waals surface area contributed by atoms with Gasteiger partial charge < -0.3 is 30.0 Å². The topological polar surface area (TPSA) is 89.1 Å². The predicted octanol–water partition coefficient (Wildman–Crippen LogP) is 2.87. The Balaban J connectivity index is 1.53. The number of aliphatic hydroxyl groups excluding tert-OH is 1. The third-order valence-corrected chi connectivity index (χ3v) is 3.62. The number of benzene rings is 2. The minimum Gasteiger partial charge on any atom is -0.497 e. The molecule has 0 radical (unpaired) electrons. The van der Waals surface area contributed by atoms with Gasteiger partial charge in [0.1, 0.15) is 5.75 Å². The van der Waals surface area contributed by atoms with Crippen molar-refractivity contribution in [2.45, 2.75) is 12.4 Å². The number of hydrogen-bond donors (Lipinski definition) is 3. The molecule has 1 heterocycles. The molecule has 1 atom stereocenters. The Labute approximate surface area is 147 Å². The minimum absolute atomic E-state index is 0.0409. The van der Waals surface area contributed by atoms with Crippen molar-refractivity contribution in [2.24, 2.45) is 0 Å². The van der Waals surface area contributed by atoms with E-state index in [-0.39, 0.29) is 23.7 Å². The van der Waals surface area contributed by atoms with E-state index in [0.717, 1.165) is 0 Å². The zero-order valence-electron chi connectivity index (χ0n) is 13.7. The van der Waals surface area contributed by atoms with Crippen LogP contribution in [-0.4, -0.2) is 31.1 Å². The molecular formula is C17H16F2N2O5. The lowest BCUT2D eigenvalue weighted by Gasteiger charge is -2.13. The van der Waals surface area contributed by atoms with E-state index in [2.05, 4.69) is 20.1 Å². The van der Waals surface area contributed by atoms with Crippen molar-refractivity contribution in [1.29, 1.82) is 0 Å². The summed E-state index contributed by atoms with van der Waals surface area (Å²) >= 11 is 0. The first kappa shape index (κ1) is 17.7. The summed E-state index contributed by atoms with van der Waals surface area (Å²) < 4.78 is 39.6. The summed E-state index contributed by atoms with van der Waals surface area (Å²) in [5.74, 6) is 0.363. The normalized spacial score (nSPS) is 15.2. The first-order valence-corrected chi connectivity index (χ1v) is 7.63. The van der Waals surface area contributed by atoms with Crippen molar-refractivity contribution >= 4 is 11.7 Å². The van der Waals surface area contributed by atoms with Crippen molar-refractivity contribution in [3.8, 4) is 17.2 Å². The fourth-order valence-electron chi connectivity index (χ4n) is 2.34. The molecule has 3 N–H and O–H groups in total. The fraction of sp³-hybridized carbons (Fsp3) is 0.235. The van der Waals surface area contributed by atoms with E-state index in [0.29, 0.717) is 11.3 Å². The molecule has 26 heavy (non-hydrogen) atoms. The molecule has 1 aliphatic rings. The maximum atomic E-state index is 13.0. The third kappa shape index (κ3) is 4.12. The van der Waals surface area contributed by atoms with Crippen molar-refractivity contribution in [3.05, 3.63) is 48.0 Å². The fourth-order valence-corrected chi connectivity index (χ4v) is 2.34. The number of alkyl halides is 2. The number of anilines is 1. The Morgan fingerprint density at radius 3 is 2.58 bits per heavy atom. The standard InChI is InChI=1S/C17H16F2N2O5/c1-24-12-5-2-10(3-6-12)13(22)9-20-16(23)21-11-4-7-14-15(8-11)26-17(18,19)25-14/h2-8,13,22H,9H2,1H3,(H2,20,21,23). The van der Waals surface area contributed by atoms with E-state index in [1.165, 1.54) is 25.3 Å². The van der Waals surface area contributed by atoms with Gasteiger partial charge in [-0.15, -0.1) is 8.78 Å². The Bertz CT molecular complexity index is 798. The number of nitrogens with one attached hydrogen (secondary N) is 2. The van der Waals surface area contributed by atoms with E-state index in [9.17, 15) is 18.7 Å². The molecule has 0 spiro atoms. The number of halogens is 2. The van der Waals surface area contributed by atoms with Crippen LogP contribution in [0.3, 0.4) is 0 Å². The number of fused-ring (bicyclic) bond motifs is 1. The number of amides is 2. The highest BCUT2D eigenvalue weighted by molar-refractivity contribution is 5.89. The van der Waals surface area contributed by atoms with Crippen LogP contribution in [0.4, 0.5) is 19.3 Å². The first-order chi connectivity index (χ1) is 12.4. The van der Waals surface area contributed by atoms with Gasteiger partial charge in [0.25, 0.3) is 0 Å². The van der Waals surface area contributed by atoms with Crippen LogP contribution >= 0.6 is 0 Å². The summed E-state index contributed by atoms with van der Waals surface area (Å²) in [5.41, 5.74) is 0.845. The van der Waals surface area contributed by atoms with Crippen molar-refractivity contribution in [3.63, 3.8) is 0 Å². The van der Waals surface area contributed by atoms with E-state index in [4.69, 9.17) is 4.74 Å². The van der Waals surface area contributed by atoms with Crippen LogP contribution in [0.1, 0.15) is 11.7 Å². The van der Waals surface area contributed by atoms with Crippen molar-refractivity contribution in [1.82, 2.24) is 5.32 Å². The zero-order chi connectivity index (χ0) is 18.7. The summed E-state index contributed by atoms with van der Waals surface area (Å²) in [5, 5.41) is 15.0. The number of hydrogen-bond acceptors (Lipinski definition) is 5. The molecule has 2 aromatic carbocycles. The molecule has 0 bridgehead atoms. The molecule has 1 aliphatic heterocycles. The molecule has 138 valence electrons. The monoisotopic (exact) mass is 366 g/mol. The average Bonchev–Trinajstić information content (AvgIpc) is 2.92. The lowest BCUT2D eigenvalue weighted by atomic mass is 10.1. The van der Waals surface area contributed by atoms with E-state index < -0.39 is 18.4 Å². The molecule has 0 saturated heterocycles. The summed E-state index contributed by atoms with van der Waals surface area (Å²) in [6, 6.07) is 10.0. The molecule has 0 saturated carbocycles. The number of methoxy groups -OCH3 is 1. The number of aliphatic hydroxyl groups is 1. The number of carbonyl (C=O) groups excluding carboxylic acids is 1. The van der Waals surface area contributed by atoms with Crippen LogP contribution in [-0.2, 0) is 0 Å². The maximum Gasteiger partial charge on any atom is 0.586 e. The summed E-state index contributed by atoms with van der Waals surface area (Å²) in [4.78, 5) is 11.9. The number of carbonyl (C=O) groups is 1. The van der Waals surface area contributed by atoms with Crippen molar-refractivity contribution in [2.75, 3.05) is 19.0 Å². The SMILES string of the molecule is COc1ccc(C(O)CNC(=O)Nc2ccc3c(c2)OC(F)(F)O3)cc1. The molecule has 2 aromatic rings. The van der Waals surface area contributed by atoms with E-state index in [1.54, 1.807) is 24.3 Å². The molecule has 0 aliphatic carbocycles. The summed E-state index contributed by atoms with van der Waals surface area (Å²) in [6.07, 6.45) is -4.63. The van der Waals surface area contributed by atoms with Crippen molar-refractivity contribution < 1.29 is 32.9 Å². The quantitative estimate of drug-likeness (QED) is 0.757. The second kappa shape index (κ2) is 7.04. The third-order valence-electron chi connectivity index (χ3n) is 3.62. The molecule has 0 fully saturated rings. The Kier molecular flexibility index (Phi) is 4.81. The highest BCUT2D eigenvalue weighted by Crippen LogP contribution is 2.42. The Morgan fingerprint density at radius 1 is 1.19 bits per heavy atom. The summed E-state index contributed by atoms with van der Waals surface area (Å²) in [6.45, 7) is -0.0409. The highest BCUT2D eigenvalue weighted by atomic mass is 19.3. The second-order valence-corrected chi connectivity index (χ2v) is 5.45. The molecule has 9 heteroatoms. The van der Waals surface area contributed by atoms with Gasteiger partial charge in [-0.3, -0.25) is 0 Å². The molecule has 1 unspecified atom stereocenters. The highest BCUT2D eigenvalue weighted by Gasteiger charge is 2.43. The van der Waals surface area contributed by atoms with Gasteiger partial charge in [-0.1, -0.05) is 12.1 Å². The van der Waals surface area contributed by atoms with Gasteiger partial charge in [0.2, 0.25) is 0 Å². The lowest BCUT2D eigenvalue weighted by molar-refractivity contribution is -0.286. The minimum atomic E-state index is -3.72. The predicted molar refractivity (Wildman–Crippen MR) is 87.6 cm³/mol. The lowest BCUT2D eigenvalue weighted by Crippen LogP contribution is -2.32. The number of rotatable bonds is 5. The average molecular weight is 366 g/mol. The van der Waals surface area contributed by atoms with Crippen LogP contribution in [0.25, 0.3) is 0 Å². The van der Waals surface area contributed by atoms with Gasteiger partial charge >= 0.3 is 12.3 Å². The summed E-state index contributed by atoms with van der Waals surface area (Å²) in [7, 11) is 1.54. The molecule has 7 nitrogen and oxygen atoms in total. The molecule has 0 aromatic heterocycles. The smallest absolute Gasteiger partial charge is 0.497 e. The van der Waals surface area contributed by atoms with Crippen LogP contribution in [0.2, 0.25) is 0 Å². The molecule has 2 amide bonds. The second-order valence-electron chi connectivity index (χ2n) is 5.45. The van der Waals surface area contributed by atoms with E-state index in [1.807, 2.05) is 0 Å².